The second-order valence-corrected chi connectivity index (χ2v) is 8.74. The Morgan fingerprint density at radius 3 is 1.67 bits per heavy atom. The second kappa shape index (κ2) is 9.98. The summed E-state index contributed by atoms with van der Waals surface area (Å²) in [4.78, 5) is 35.9. The van der Waals surface area contributed by atoms with Gasteiger partial charge in [-0.2, -0.15) is 0 Å². The number of benzene rings is 3. The van der Waals surface area contributed by atoms with Crippen LogP contribution >= 0.6 is 45.2 Å². The van der Waals surface area contributed by atoms with Crippen LogP contribution in [0.1, 0.15) is 32.4 Å². The predicted molar refractivity (Wildman–Crippen MR) is 129 cm³/mol. The van der Waals surface area contributed by atoms with E-state index >= 15 is 0 Å². The number of amides is 2. The van der Waals surface area contributed by atoms with Crippen molar-refractivity contribution >= 4 is 62.7 Å². The summed E-state index contributed by atoms with van der Waals surface area (Å²) in [5.74, 6) is -0.750. The predicted octanol–water partition coefficient (Wildman–Crippen LogP) is 4.66. The molecule has 2 amide bonds. The average Bonchev–Trinajstić information content (AvgIpc) is 2.73. The van der Waals surface area contributed by atoms with Crippen LogP contribution in [0.15, 0.2) is 72.8 Å². The third kappa shape index (κ3) is 5.75. The van der Waals surface area contributed by atoms with Crippen molar-refractivity contribution in [2.45, 2.75) is 6.17 Å². The number of hydrogen-bond acceptors (Lipinski definition) is 4. The standard InChI is InChI=1S/C21H15I2N3O4/c22-16-5-1-3-14(11-16)20(27)24-19(13-7-9-18(10-8-13)26(29)30)25-21(28)15-4-2-6-17(23)12-15/h1-12,19H,(H,24,27)(H,25,28). The summed E-state index contributed by atoms with van der Waals surface area (Å²) >= 11 is 4.22. The van der Waals surface area contributed by atoms with Gasteiger partial charge in [0.05, 0.1) is 4.92 Å². The maximum absolute atomic E-state index is 12.8. The lowest BCUT2D eigenvalue weighted by Crippen LogP contribution is -2.41. The molecule has 0 saturated heterocycles. The summed E-state index contributed by atoms with van der Waals surface area (Å²) < 4.78 is 1.80. The van der Waals surface area contributed by atoms with Gasteiger partial charge in [0.15, 0.2) is 0 Å². The van der Waals surface area contributed by atoms with Crippen molar-refractivity contribution < 1.29 is 14.5 Å². The fourth-order valence-electron chi connectivity index (χ4n) is 2.68. The van der Waals surface area contributed by atoms with Crippen LogP contribution in [0.3, 0.4) is 0 Å². The highest BCUT2D eigenvalue weighted by Gasteiger charge is 2.20. The molecule has 0 saturated carbocycles. The normalized spacial score (nSPS) is 10.5. The van der Waals surface area contributed by atoms with E-state index in [1.807, 2.05) is 12.1 Å². The molecule has 0 aliphatic rings. The van der Waals surface area contributed by atoms with Crippen molar-refractivity contribution in [2.24, 2.45) is 0 Å². The summed E-state index contributed by atoms with van der Waals surface area (Å²) in [5, 5.41) is 16.5. The Balaban J connectivity index is 1.88. The van der Waals surface area contributed by atoms with Crippen LogP contribution in [0.25, 0.3) is 0 Å². The smallest absolute Gasteiger partial charge is 0.269 e. The Bertz CT molecular complexity index is 1040. The number of nitrogens with zero attached hydrogens (tertiary/aromatic N) is 1. The first-order valence-corrected chi connectivity index (χ1v) is 10.9. The highest BCUT2D eigenvalue weighted by atomic mass is 127. The first kappa shape index (κ1) is 22.2. The Hall–Kier alpha value is -2.54. The number of carbonyl (C=O) groups excluding carboxylic acids is 2. The van der Waals surface area contributed by atoms with E-state index in [4.69, 9.17) is 0 Å². The van der Waals surface area contributed by atoms with E-state index in [1.165, 1.54) is 24.3 Å². The fourth-order valence-corrected chi connectivity index (χ4v) is 3.77. The van der Waals surface area contributed by atoms with Gasteiger partial charge in [-0.3, -0.25) is 19.7 Å². The SMILES string of the molecule is O=C(NC(NC(=O)c1cccc(I)c1)c1ccc([N+](=O)[O-])cc1)c1cccc(I)c1. The van der Waals surface area contributed by atoms with Crippen LogP contribution in [0.5, 0.6) is 0 Å². The molecule has 0 aliphatic heterocycles. The Kier molecular flexibility index (Phi) is 7.37. The molecule has 3 rings (SSSR count). The van der Waals surface area contributed by atoms with Gasteiger partial charge in [-0.25, -0.2) is 0 Å². The second-order valence-electron chi connectivity index (χ2n) is 6.25. The van der Waals surface area contributed by atoms with E-state index in [1.54, 1.807) is 36.4 Å². The van der Waals surface area contributed by atoms with Gasteiger partial charge in [0.25, 0.3) is 17.5 Å². The quantitative estimate of drug-likeness (QED) is 0.180. The molecule has 0 radical (unpaired) electrons. The van der Waals surface area contributed by atoms with Gasteiger partial charge in [0, 0.05) is 30.4 Å². The van der Waals surface area contributed by atoms with E-state index in [9.17, 15) is 19.7 Å². The van der Waals surface area contributed by atoms with Gasteiger partial charge in [-0.15, -0.1) is 0 Å². The summed E-state index contributed by atoms with van der Waals surface area (Å²) in [6, 6.07) is 19.7. The maximum Gasteiger partial charge on any atom is 0.269 e. The Morgan fingerprint density at radius 2 is 1.27 bits per heavy atom. The van der Waals surface area contributed by atoms with Gasteiger partial charge >= 0.3 is 0 Å². The molecular formula is C21H15I2N3O4. The zero-order chi connectivity index (χ0) is 21.7. The summed E-state index contributed by atoms with van der Waals surface area (Å²) in [6.07, 6.45) is -0.874. The van der Waals surface area contributed by atoms with Gasteiger partial charge < -0.3 is 10.6 Å². The van der Waals surface area contributed by atoms with Crippen molar-refractivity contribution in [3.63, 3.8) is 0 Å². The fraction of sp³-hybridized carbons (Fsp3) is 0.0476. The number of hydrogen-bond donors (Lipinski definition) is 2. The van der Waals surface area contributed by atoms with Crippen LogP contribution in [0, 0.1) is 17.3 Å². The first-order valence-electron chi connectivity index (χ1n) is 8.71. The monoisotopic (exact) mass is 627 g/mol. The van der Waals surface area contributed by atoms with Crippen molar-refractivity contribution in [3.05, 3.63) is 107 Å². The molecule has 0 aromatic heterocycles. The lowest BCUT2D eigenvalue weighted by Gasteiger charge is -2.21. The first-order chi connectivity index (χ1) is 14.3. The summed E-state index contributed by atoms with van der Waals surface area (Å²) in [6.45, 7) is 0. The largest absolute Gasteiger partial charge is 0.328 e. The molecule has 0 bridgehead atoms. The molecule has 7 nitrogen and oxygen atoms in total. The van der Waals surface area contributed by atoms with Gasteiger partial charge in [0.1, 0.15) is 6.17 Å². The number of non-ortho nitro benzene ring substituents is 1. The molecule has 0 aliphatic carbocycles. The van der Waals surface area contributed by atoms with Crippen molar-refractivity contribution in [3.8, 4) is 0 Å². The van der Waals surface area contributed by atoms with E-state index in [2.05, 4.69) is 55.8 Å². The lowest BCUT2D eigenvalue weighted by molar-refractivity contribution is -0.384. The number of halogens is 2. The zero-order valence-corrected chi connectivity index (χ0v) is 19.7. The van der Waals surface area contributed by atoms with E-state index in [-0.39, 0.29) is 17.5 Å². The van der Waals surface area contributed by atoms with Gasteiger partial charge in [-0.1, -0.05) is 12.1 Å². The molecule has 0 fully saturated rings. The molecule has 0 spiro atoms. The van der Waals surface area contributed by atoms with Crippen LogP contribution in [-0.4, -0.2) is 16.7 Å². The molecule has 3 aromatic carbocycles. The number of carbonyl (C=O) groups is 2. The molecule has 0 atom stereocenters. The van der Waals surface area contributed by atoms with E-state index in [0.717, 1.165) is 7.14 Å². The lowest BCUT2D eigenvalue weighted by atomic mass is 10.1. The molecule has 2 N–H and O–H groups in total. The molecule has 9 heteroatoms. The van der Waals surface area contributed by atoms with Crippen molar-refractivity contribution in [1.29, 1.82) is 0 Å². The molecule has 30 heavy (non-hydrogen) atoms. The number of rotatable bonds is 6. The molecule has 0 heterocycles. The summed E-state index contributed by atoms with van der Waals surface area (Å²) in [7, 11) is 0. The third-order valence-corrected chi connectivity index (χ3v) is 5.50. The molecule has 152 valence electrons. The van der Waals surface area contributed by atoms with Crippen molar-refractivity contribution in [1.82, 2.24) is 10.6 Å². The Labute approximate surface area is 199 Å². The maximum atomic E-state index is 12.8. The van der Waals surface area contributed by atoms with Crippen LogP contribution in [0.4, 0.5) is 5.69 Å². The van der Waals surface area contributed by atoms with E-state index < -0.39 is 11.1 Å². The minimum Gasteiger partial charge on any atom is -0.328 e. The minimum absolute atomic E-state index is 0.0784. The minimum atomic E-state index is -0.874. The topological polar surface area (TPSA) is 101 Å². The molecule has 3 aromatic rings. The van der Waals surface area contributed by atoms with Gasteiger partial charge in [0.2, 0.25) is 0 Å². The zero-order valence-electron chi connectivity index (χ0n) is 15.3. The van der Waals surface area contributed by atoms with Gasteiger partial charge in [-0.05, 0) is 99.3 Å². The number of nitro benzene ring substituents is 1. The van der Waals surface area contributed by atoms with Crippen LogP contribution in [0.2, 0.25) is 0 Å². The molecular weight excluding hydrogens is 612 g/mol. The van der Waals surface area contributed by atoms with E-state index in [0.29, 0.717) is 16.7 Å². The highest BCUT2D eigenvalue weighted by molar-refractivity contribution is 14.1. The van der Waals surface area contributed by atoms with Crippen LogP contribution < -0.4 is 10.6 Å². The number of nitrogens with one attached hydrogen (secondary N) is 2. The highest BCUT2D eigenvalue weighted by Crippen LogP contribution is 2.18. The van der Waals surface area contributed by atoms with Crippen LogP contribution in [-0.2, 0) is 0 Å². The average molecular weight is 627 g/mol. The summed E-state index contributed by atoms with van der Waals surface area (Å²) in [5.41, 5.74) is 1.32. The van der Waals surface area contributed by atoms with Crippen molar-refractivity contribution in [2.75, 3.05) is 0 Å². The molecule has 0 unspecified atom stereocenters. The Morgan fingerprint density at radius 1 is 0.800 bits per heavy atom. The third-order valence-electron chi connectivity index (χ3n) is 4.16. The number of nitro groups is 1.